The summed E-state index contributed by atoms with van der Waals surface area (Å²) in [6.07, 6.45) is 5.36. The molecule has 1 atom stereocenters. The van der Waals surface area contributed by atoms with E-state index in [1.54, 1.807) is 0 Å². The van der Waals surface area contributed by atoms with Crippen LogP contribution in [0.2, 0.25) is 0 Å². The first kappa shape index (κ1) is 12.7. The Bertz CT molecular complexity index is 147. The maximum absolute atomic E-state index is 11.2. The highest BCUT2D eigenvalue weighted by Gasteiger charge is 2.13. The number of nitrogens with one attached hydrogen (secondary N) is 2. The van der Waals surface area contributed by atoms with Crippen molar-refractivity contribution in [3.05, 3.63) is 0 Å². The summed E-state index contributed by atoms with van der Waals surface area (Å²) in [7, 11) is 0. The van der Waals surface area contributed by atoms with Crippen LogP contribution in [0.4, 0.5) is 0 Å². The quantitative estimate of drug-likeness (QED) is 0.734. The van der Waals surface area contributed by atoms with Gasteiger partial charge in [0.25, 0.3) is 0 Å². The standard InChI is InChI=1S/C9H18N2O.ClH/c1-2-5-9(12)11-8-6-3-4-7-10-8;/h8,10H,2-7H2,1H3,(H,11,12);1H. The van der Waals surface area contributed by atoms with Gasteiger partial charge in [-0.15, -0.1) is 12.4 Å². The highest BCUT2D eigenvalue weighted by atomic mass is 35.5. The molecule has 1 amide bonds. The molecule has 0 aromatic carbocycles. The van der Waals surface area contributed by atoms with E-state index in [9.17, 15) is 4.79 Å². The second-order valence-corrected chi connectivity index (χ2v) is 3.32. The third-order valence-corrected chi connectivity index (χ3v) is 2.12. The Morgan fingerprint density at radius 2 is 2.31 bits per heavy atom. The van der Waals surface area contributed by atoms with E-state index in [-0.39, 0.29) is 24.5 Å². The predicted molar refractivity (Wildman–Crippen MR) is 55.9 cm³/mol. The van der Waals surface area contributed by atoms with Gasteiger partial charge in [0, 0.05) is 6.42 Å². The smallest absolute Gasteiger partial charge is 0.221 e. The van der Waals surface area contributed by atoms with Gasteiger partial charge >= 0.3 is 0 Å². The molecule has 0 aromatic heterocycles. The number of hydrogen-bond acceptors (Lipinski definition) is 2. The fourth-order valence-corrected chi connectivity index (χ4v) is 1.47. The Labute approximate surface area is 86.1 Å². The third-order valence-electron chi connectivity index (χ3n) is 2.12. The van der Waals surface area contributed by atoms with Crippen LogP contribution in [0.15, 0.2) is 0 Å². The van der Waals surface area contributed by atoms with Crippen LogP contribution in [0.1, 0.15) is 39.0 Å². The molecule has 1 fully saturated rings. The van der Waals surface area contributed by atoms with Crippen molar-refractivity contribution in [3.8, 4) is 0 Å². The molecule has 1 saturated heterocycles. The molecule has 1 aliphatic heterocycles. The number of carbonyl (C=O) groups excluding carboxylic acids is 1. The highest BCUT2D eigenvalue weighted by molar-refractivity contribution is 5.85. The molecule has 1 rings (SSSR count). The van der Waals surface area contributed by atoms with Crippen LogP contribution in [-0.2, 0) is 4.79 Å². The fourth-order valence-electron chi connectivity index (χ4n) is 1.47. The number of hydrogen-bond donors (Lipinski definition) is 2. The van der Waals surface area contributed by atoms with Gasteiger partial charge in [0.1, 0.15) is 0 Å². The van der Waals surface area contributed by atoms with Crippen LogP contribution in [-0.4, -0.2) is 18.6 Å². The first-order chi connectivity index (χ1) is 5.83. The van der Waals surface area contributed by atoms with Crippen LogP contribution in [0.25, 0.3) is 0 Å². The summed E-state index contributed by atoms with van der Waals surface area (Å²) in [4.78, 5) is 11.2. The van der Waals surface area contributed by atoms with E-state index in [4.69, 9.17) is 0 Å². The molecular weight excluding hydrogens is 188 g/mol. The molecule has 4 heteroatoms. The maximum atomic E-state index is 11.2. The molecule has 0 saturated carbocycles. The summed E-state index contributed by atoms with van der Waals surface area (Å²) in [6, 6.07) is 0. The summed E-state index contributed by atoms with van der Waals surface area (Å²) in [5, 5.41) is 6.25. The summed E-state index contributed by atoms with van der Waals surface area (Å²) >= 11 is 0. The number of carbonyl (C=O) groups is 1. The lowest BCUT2D eigenvalue weighted by atomic mass is 10.1. The van der Waals surface area contributed by atoms with Gasteiger partial charge in [0.05, 0.1) is 6.17 Å². The average molecular weight is 207 g/mol. The van der Waals surface area contributed by atoms with Crippen molar-refractivity contribution in [1.29, 1.82) is 0 Å². The lowest BCUT2D eigenvalue weighted by Gasteiger charge is -2.24. The first-order valence-electron chi connectivity index (χ1n) is 4.85. The minimum absolute atomic E-state index is 0. The lowest BCUT2D eigenvalue weighted by molar-refractivity contribution is -0.122. The Kier molecular flexibility index (Phi) is 7.00. The highest BCUT2D eigenvalue weighted by Crippen LogP contribution is 2.04. The molecule has 0 aliphatic carbocycles. The molecular formula is C9H19ClN2O. The van der Waals surface area contributed by atoms with E-state index >= 15 is 0 Å². The SMILES string of the molecule is CCCC(=O)NC1CCCCN1.Cl. The van der Waals surface area contributed by atoms with Crippen molar-refractivity contribution in [2.75, 3.05) is 6.54 Å². The predicted octanol–water partition coefficient (Wildman–Crippen LogP) is 1.42. The van der Waals surface area contributed by atoms with E-state index in [1.165, 1.54) is 12.8 Å². The van der Waals surface area contributed by atoms with Gasteiger partial charge in [-0.25, -0.2) is 0 Å². The number of amides is 1. The van der Waals surface area contributed by atoms with Crippen molar-refractivity contribution < 1.29 is 4.79 Å². The Morgan fingerprint density at radius 3 is 2.85 bits per heavy atom. The zero-order chi connectivity index (χ0) is 8.81. The van der Waals surface area contributed by atoms with E-state index in [1.807, 2.05) is 6.92 Å². The van der Waals surface area contributed by atoms with Crippen molar-refractivity contribution in [3.63, 3.8) is 0 Å². The van der Waals surface area contributed by atoms with Gasteiger partial charge in [-0.05, 0) is 32.2 Å². The monoisotopic (exact) mass is 206 g/mol. The van der Waals surface area contributed by atoms with E-state index in [2.05, 4.69) is 10.6 Å². The molecule has 78 valence electrons. The minimum atomic E-state index is 0. The molecule has 0 aromatic rings. The van der Waals surface area contributed by atoms with Gasteiger partial charge in [-0.2, -0.15) is 0 Å². The van der Waals surface area contributed by atoms with Gasteiger partial charge < -0.3 is 5.32 Å². The Morgan fingerprint density at radius 1 is 1.54 bits per heavy atom. The maximum Gasteiger partial charge on any atom is 0.221 e. The van der Waals surface area contributed by atoms with Crippen molar-refractivity contribution >= 4 is 18.3 Å². The zero-order valence-electron chi connectivity index (χ0n) is 8.14. The van der Waals surface area contributed by atoms with Crippen molar-refractivity contribution in [2.24, 2.45) is 0 Å². The topological polar surface area (TPSA) is 41.1 Å². The normalized spacial score (nSPS) is 21.8. The Balaban J connectivity index is 0.00000144. The summed E-state index contributed by atoms with van der Waals surface area (Å²) in [6.45, 7) is 3.06. The number of piperidine rings is 1. The van der Waals surface area contributed by atoms with E-state index in [0.717, 1.165) is 19.4 Å². The van der Waals surface area contributed by atoms with Gasteiger partial charge in [0.15, 0.2) is 0 Å². The molecule has 2 N–H and O–H groups in total. The number of rotatable bonds is 3. The zero-order valence-corrected chi connectivity index (χ0v) is 8.95. The Hall–Kier alpha value is -0.280. The van der Waals surface area contributed by atoms with E-state index < -0.39 is 0 Å². The fraction of sp³-hybridized carbons (Fsp3) is 0.889. The second kappa shape index (κ2) is 7.15. The van der Waals surface area contributed by atoms with E-state index in [0.29, 0.717) is 6.42 Å². The second-order valence-electron chi connectivity index (χ2n) is 3.32. The molecule has 3 nitrogen and oxygen atoms in total. The largest absolute Gasteiger partial charge is 0.341 e. The van der Waals surface area contributed by atoms with Crippen molar-refractivity contribution in [1.82, 2.24) is 10.6 Å². The van der Waals surface area contributed by atoms with Crippen molar-refractivity contribution in [2.45, 2.75) is 45.2 Å². The lowest BCUT2D eigenvalue weighted by Crippen LogP contribution is -2.47. The molecule has 1 heterocycles. The van der Waals surface area contributed by atoms with Gasteiger partial charge in [0.2, 0.25) is 5.91 Å². The molecule has 0 radical (unpaired) electrons. The van der Waals surface area contributed by atoms with Crippen LogP contribution >= 0.6 is 12.4 Å². The molecule has 0 bridgehead atoms. The van der Waals surface area contributed by atoms with Crippen LogP contribution in [0.3, 0.4) is 0 Å². The molecule has 0 spiro atoms. The molecule has 13 heavy (non-hydrogen) atoms. The van der Waals surface area contributed by atoms with Crippen LogP contribution in [0, 0.1) is 0 Å². The summed E-state index contributed by atoms with van der Waals surface area (Å²) in [5.41, 5.74) is 0. The molecule has 1 aliphatic rings. The van der Waals surface area contributed by atoms with Gasteiger partial charge in [-0.1, -0.05) is 6.92 Å². The third kappa shape index (κ3) is 5.11. The first-order valence-corrected chi connectivity index (χ1v) is 4.85. The van der Waals surface area contributed by atoms with Crippen LogP contribution in [0.5, 0.6) is 0 Å². The minimum Gasteiger partial charge on any atom is -0.341 e. The average Bonchev–Trinajstić information content (AvgIpc) is 2.06. The van der Waals surface area contributed by atoms with Crippen LogP contribution < -0.4 is 10.6 Å². The molecule has 1 unspecified atom stereocenters. The summed E-state index contributed by atoms with van der Waals surface area (Å²) in [5.74, 6) is 0.178. The number of halogens is 1. The summed E-state index contributed by atoms with van der Waals surface area (Å²) < 4.78 is 0. The van der Waals surface area contributed by atoms with Gasteiger partial charge in [-0.3, -0.25) is 10.1 Å².